The van der Waals surface area contributed by atoms with Crippen LogP contribution in [0.2, 0.25) is 0 Å². The smallest absolute Gasteiger partial charge is 0.267 e. The fraction of sp³-hybridized carbons (Fsp3) is 0.148. The predicted molar refractivity (Wildman–Crippen MR) is 152 cm³/mol. The molecule has 11 nitrogen and oxygen atoms in total. The second kappa shape index (κ2) is 12.7. The van der Waals surface area contributed by atoms with Crippen molar-refractivity contribution in [3.8, 4) is 22.6 Å². The van der Waals surface area contributed by atoms with E-state index >= 15 is 4.39 Å². The summed E-state index contributed by atoms with van der Waals surface area (Å²) in [6.45, 7) is 5.67. The van der Waals surface area contributed by atoms with E-state index in [1.165, 1.54) is 36.7 Å². The minimum Gasteiger partial charge on any atom is -0.382 e. The van der Waals surface area contributed by atoms with E-state index in [1.54, 1.807) is 0 Å². The first-order valence-electron chi connectivity index (χ1n) is 12.4. The quantitative estimate of drug-likeness (QED) is 0.241. The summed E-state index contributed by atoms with van der Waals surface area (Å²) >= 11 is 0. The Balaban J connectivity index is 0.000000748. The highest BCUT2D eigenvalue weighted by Crippen LogP contribution is 2.31. The van der Waals surface area contributed by atoms with E-state index in [0.717, 1.165) is 37.5 Å². The Morgan fingerprint density at radius 3 is 2.12 bits per heavy atom. The van der Waals surface area contributed by atoms with Gasteiger partial charge in [0.1, 0.15) is 17.2 Å². The molecule has 0 saturated heterocycles. The van der Waals surface area contributed by atoms with Gasteiger partial charge in [-0.05, 0) is 50.2 Å². The van der Waals surface area contributed by atoms with Gasteiger partial charge in [-0.1, -0.05) is 12.1 Å². The molecule has 5 aromatic rings. The second-order valence-corrected chi connectivity index (χ2v) is 10.1. The lowest BCUT2D eigenvalue weighted by atomic mass is 10.1. The maximum Gasteiger partial charge on any atom is 0.267 e. The van der Waals surface area contributed by atoms with Crippen LogP contribution in [0.15, 0.2) is 65.8 Å². The summed E-state index contributed by atoms with van der Waals surface area (Å²) in [5, 5.41) is 0. The highest BCUT2D eigenvalue weighted by molar-refractivity contribution is 7.92. The van der Waals surface area contributed by atoms with Crippen molar-refractivity contribution in [3.05, 3.63) is 78.4 Å². The molecule has 0 amide bonds. The second-order valence-electron chi connectivity index (χ2n) is 8.43. The van der Waals surface area contributed by atoms with Crippen LogP contribution in [0.5, 0.6) is 0 Å². The molecular weight excluding hydrogens is 573 g/mol. The van der Waals surface area contributed by atoms with Crippen molar-refractivity contribution in [3.63, 3.8) is 0 Å². The highest BCUT2D eigenvalue weighted by Gasteiger charge is 2.26. The van der Waals surface area contributed by atoms with E-state index in [9.17, 15) is 17.2 Å². The Hall–Kier alpha value is -4.89. The number of ether oxygens (including phenoxy) is 1. The Bertz CT molecular complexity index is 1820. The standard InChI is InChI=1S/C23H15F3N8O2S.C4H10O/c24-13-4-2-5-14(25)20(13)37(35,36)34-16-6-1-3-12(18(16)26)15-7-8-17-19(31-15)21(27)33-22(32-17)11-9-29-23(28)30-10-11;1-3-5-4-2/h1-10,34H,(H2,27,32,33)(H2,28,29,30);3-4H2,1-2H3. The van der Waals surface area contributed by atoms with Crippen molar-refractivity contribution in [2.45, 2.75) is 18.7 Å². The van der Waals surface area contributed by atoms with E-state index in [1.807, 2.05) is 18.6 Å². The number of pyridine rings is 1. The van der Waals surface area contributed by atoms with Crippen LogP contribution < -0.4 is 16.2 Å². The molecular formula is C27H25F3N8O3S. The van der Waals surface area contributed by atoms with Gasteiger partial charge < -0.3 is 16.2 Å². The number of halogens is 3. The monoisotopic (exact) mass is 598 g/mol. The number of nitrogens with two attached hydrogens (primary N) is 2. The first kappa shape index (κ1) is 30.1. The first-order chi connectivity index (χ1) is 20.1. The molecule has 5 rings (SSSR count). The van der Waals surface area contributed by atoms with E-state index in [0.29, 0.717) is 11.1 Å². The average molecular weight is 599 g/mol. The molecule has 0 fully saturated rings. The molecule has 0 bridgehead atoms. The number of hydrogen-bond acceptors (Lipinski definition) is 10. The maximum absolute atomic E-state index is 15.4. The first-order valence-corrected chi connectivity index (χ1v) is 13.9. The number of benzene rings is 2. The maximum atomic E-state index is 15.4. The third-order valence-corrected chi connectivity index (χ3v) is 7.03. The van der Waals surface area contributed by atoms with Gasteiger partial charge in [0.2, 0.25) is 5.95 Å². The molecule has 0 unspecified atom stereocenters. The van der Waals surface area contributed by atoms with Crippen molar-refractivity contribution in [1.29, 1.82) is 0 Å². The van der Waals surface area contributed by atoms with Crippen LogP contribution in [-0.4, -0.2) is 46.6 Å². The lowest BCUT2D eigenvalue weighted by Gasteiger charge is -2.13. The van der Waals surface area contributed by atoms with E-state index in [4.69, 9.17) is 16.2 Å². The van der Waals surface area contributed by atoms with Gasteiger partial charge in [0.25, 0.3) is 10.0 Å². The van der Waals surface area contributed by atoms with Crippen LogP contribution in [0, 0.1) is 17.5 Å². The van der Waals surface area contributed by atoms with Crippen LogP contribution in [-0.2, 0) is 14.8 Å². The number of nitrogens with one attached hydrogen (secondary N) is 1. The molecule has 0 aliphatic heterocycles. The third kappa shape index (κ3) is 6.53. The van der Waals surface area contributed by atoms with E-state index < -0.39 is 38.1 Å². The van der Waals surface area contributed by atoms with Gasteiger partial charge >= 0.3 is 0 Å². The molecule has 0 aliphatic carbocycles. The summed E-state index contributed by atoms with van der Waals surface area (Å²) in [5.41, 5.74) is 12.0. The zero-order chi connectivity index (χ0) is 30.4. The van der Waals surface area contributed by atoms with Gasteiger partial charge in [0, 0.05) is 31.2 Å². The molecule has 15 heteroatoms. The topological polar surface area (TPSA) is 172 Å². The van der Waals surface area contributed by atoms with Crippen LogP contribution in [0.3, 0.4) is 0 Å². The summed E-state index contributed by atoms with van der Waals surface area (Å²) in [4.78, 5) is 19.5. The normalized spacial score (nSPS) is 11.2. The third-order valence-electron chi connectivity index (χ3n) is 5.61. The molecule has 3 heterocycles. The van der Waals surface area contributed by atoms with Gasteiger partial charge in [0.05, 0.1) is 22.5 Å². The minimum absolute atomic E-state index is 0.00836. The van der Waals surface area contributed by atoms with Gasteiger partial charge in [-0.2, -0.15) is 0 Å². The molecule has 42 heavy (non-hydrogen) atoms. The predicted octanol–water partition coefficient (Wildman–Crippen LogP) is 4.57. The molecule has 5 N–H and O–H groups in total. The Morgan fingerprint density at radius 1 is 0.857 bits per heavy atom. The number of hydrogen-bond donors (Lipinski definition) is 3. The molecule has 2 aromatic carbocycles. The molecule has 0 aliphatic rings. The van der Waals surface area contributed by atoms with Crippen LogP contribution in [0.1, 0.15) is 13.8 Å². The SMILES string of the molecule is CCOCC.Nc1ncc(-c2nc(N)c3nc(-c4cccc(NS(=O)(=O)c5c(F)cccc5F)c4F)ccc3n2)cn1. The number of aromatic nitrogens is 5. The molecule has 218 valence electrons. The number of anilines is 3. The fourth-order valence-corrected chi connectivity index (χ4v) is 4.92. The van der Waals surface area contributed by atoms with Crippen molar-refractivity contribution in [1.82, 2.24) is 24.9 Å². The summed E-state index contributed by atoms with van der Waals surface area (Å²) < 4.78 is 75.4. The number of nitrogen functional groups attached to an aromatic ring is 2. The molecule has 0 spiro atoms. The molecule has 0 atom stereocenters. The van der Waals surface area contributed by atoms with Crippen LogP contribution in [0.4, 0.5) is 30.6 Å². The minimum atomic E-state index is -4.79. The van der Waals surface area contributed by atoms with Crippen molar-refractivity contribution < 1.29 is 26.3 Å². The van der Waals surface area contributed by atoms with Gasteiger partial charge in [-0.25, -0.2) is 46.5 Å². The van der Waals surface area contributed by atoms with E-state index in [-0.39, 0.29) is 34.4 Å². The Kier molecular flexibility index (Phi) is 9.12. The number of sulfonamides is 1. The number of fused-ring (bicyclic) bond motifs is 1. The highest BCUT2D eigenvalue weighted by atomic mass is 32.2. The summed E-state index contributed by atoms with van der Waals surface area (Å²) in [6, 6.07) is 9.36. The Morgan fingerprint density at radius 2 is 1.50 bits per heavy atom. The van der Waals surface area contributed by atoms with Gasteiger partial charge in [-0.15, -0.1) is 0 Å². The van der Waals surface area contributed by atoms with Crippen molar-refractivity contribution >= 4 is 38.5 Å². The summed E-state index contributed by atoms with van der Waals surface area (Å²) in [6.07, 6.45) is 2.86. The van der Waals surface area contributed by atoms with Crippen LogP contribution >= 0.6 is 0 Å². The molecule has 3 aromatic heterocycles. The Labute approximate surface area is 238 Å². The lowest BCUT2D eigenvalue weighted by Crippen LogP contribution is -2.17. The van der Waals surface area contributed by atoms with Crippen molar-refractivity contribution in [2.75, 3.05) is 29.4 Å². The lowest BCUT2D eigenvalue weighted by molar-refractivity contribution is 0.162. The molecule has 0 radical (unpaired) electrons. The average Bonchev–Trinajstić information content (AvgIpc) is 2.95. The fourth-order valence-electron chi connectivity index (χ4n) is 3.72. The molecule has 0 saturated carbocycles. The van der Waals surface area contributed by atoms with E-state index in [2.05, 4.69) is 24.9 Å². The van der Waals surface area contributed by atoms with Gasteiger partial charge in [0.15, 0.2) is 22.4 Å². The number of rotatable bonds is 7. The summed E-state index contributed by atoms with van der Waals surface area (Å²) in [5.74, 6) is -3.37. The van der Waals surface area contributed by atoms with Crippen molar-refractivity contribution in [2.24, 2.45) is 0 Å². The largest absolute Gasteiger partial charge is 0.382 e. The zero-order valence-electron chi connectivity index (χ0n) is 22.3. The number of nitrogens with zero attached hydrogens (tertiary/aromatic N) is 5. The zero-order valence-corrected chi connectivity index (χ0v) is 23.2. The van der Waals surface area contributed by atoms with Gasteiger partial charge in [-0.3, -0.25) is 4.72 Å². The summed E-state index contributed by atoms with van der Waals surface area (Å²) in [7, 11) is -4.79. The van der Waals surface area contributed by atoms with Crippen LogP contribution in [0.25, 0.3) is 33.7 Å².